The van der Waals surface area contributed by atoms with Crippen LogP contribution in [0, 0.1) is 0 Å². The predicted octanol–water partition coefficient (Wildman–Crippen LogP) is 2.57. The van der Waals surface area contributed by atoms with Crippen molar-refractivity contribution in [2.45, 2.75) is 25.1 Å². The lowest BCUT2D eigenvalue weighted by molar-refractivity contribution is -0.136. The van der Waals surface area contributed by atoms with Gasteiger partial charge in [0.2, 0.25) is 0 Å². The van der Waals surface area contributed by atoms with Crippen LogP contribution in [0.15, 0.2) is 41.3 Å². The summed E-state index contributed by atoms with van der Waals surface area (Å²) >= 11 is 0. The summed E-state index contributed by atoms with van der Waals surface area (Å²) in [7, 11) is 0. The van der Waals surface area contributed by atoms with E-state index in [1.807, 2.05) is 0 Å². The van der Waals surface area contributed by atoms with Gasteiger partial charge < -0.3 is 15.8 Å². The number of hydrogen-bond donors (Lipinski definition) is 2. The molecule has 1 aliphatic rings. The Morgan fingerprint density at radius 2 is 1.88 bits per heavy atom. The van der Waals surface area contributed by atoms with Crippen molar-refractivity contribution in [3.05, 3.63) is 52.4 Å². The first-order chi connectivity index (χ1) is 11.8. The van der Waals surface area contributed by atoms with E-state index in [4.69, 9.17) is 10.5 Å². The van der Waals surface area contributed by atoms with E-state index in [-0.39, 0.29) is 17.5 Å². The molecule has 1 saturated heterocycles. The number of alkyl halides is 3. The monoisotopic (exact) mass is 353 g/mol. The molecule has 1 aromatic carbocycles. The molecular formula is C17H18F3N3O2. The van der Waals surface area contributed by atoms with Crippen LogP contribution in [0.4, 0.5) is 18.9 Å². The van der Waals surface area contributed by atoms with Crippen LogP contribution in [0.2, 0.25) is 0 Å². The van der Waals surface area contributed by atoms with Gasteiger partial charge in [-0.05, 0) is 50.2 Å². The second-order valence-electron chi connectivity index (χ2n) is 5.91. The lowest BCUT2D eigenvalue weighted by Gasteiger charge is -2.23. The van der Waals surface area contributed by atoms with Gasteiger partial charge in [0.1, 0.15) is 11.9 Å². The molecule has 134 valence electrons. The number of nitrogens with zero attached hydrogens (tertiary/aromatic N) is 1. The van der Waals surface area contributed by atoms with E-state index in [0.29, 0.717) is 5.75 Å². The molecule has 3 rings (SSSR count). The number of halogens is 3. The van der Waals surface area contributed by atoms with E-state index < -0.39 is 17.3 Å². The summed E-state index contributed by atoms with van der Waals surface area (Å²) in [6, 6.07) is 6.24. The molecule has 0 aliphatic carbocycles. The van der Waals surface area contributed by atoms with Crippen molar-refractivity contribution < 1.29 is 17.9 Å². The van der Waals surface area contributed by atoms with E-state index in [1.165, 1.54) is 18.3 Å². The third-order valence-corrected chi connectivity index (χ3v) is 4.10. The molecule has 0 spiro atoms. The van der Waals surface area contributed by atoms with E-state index in [1.54, 1.807) is 6.07 Å². The Morgan fingerprint density at radius 1 is 1.16 bits per heavy atom. The number of aromatic nitrogens is 1. The molecule has 25 heavy (non-hydrogen) atoms. The van der Waals surface area contributed by atoms with Gasteiger partial charge in [-0.15, -0.1) is 0 Å². The Morgan fingerprint density at radius 3 is 2.52 bits per heavy atom. The summed E-state index contributed by atoms with van der Waals surface area (Å²) in [4.78, 5) is 12.3. The zero-order valence-corrected chi connectivity index (χ0v) is 13.3. The van der Waals surface area contributed by atoms with Crippen molar-refractivity contribution in [1.82, 2.24) is 9.88 Å². The number of anilines is 1. The first-order valence-corrected chi connectivity index (χ1v) is 7.92. The van der Waals surface area contributed by atoms with Gasteiger partial charge in [0, 0.05) is 23.6 Å². The highest BCUT2D eigenvalue weighted by Crippen LogP contribution is 2.34. The minimum absolute atomic E-state index is 0.0323. The summed E-state index contributed by atoms with van der Waals surface area (Å²) < 4.78 is 45.8. The summed E-state index contributed by atoms with van der Waals surface area (Å²) in [6.07, 6.45) is -1.46. The third kappa shape index (κ3) is 3.96. The second kappa shape index (κ2) is 6.79. The number of rotatable bonds is 3. The zero-order valence-electron chi connectivity index (χ0n) is 13.3. The number of nitrogens with two attached hydrogens (primary N) is 1. The molecular weight excluding hydrogens is 335 g/mol. The number of nitrogen functional groups attached to an aromatic ring is 1. The van der Waals surface area contributed by atoms with Crippen LogP contribution in [0.3, 0.4) is 0 Å². The van der Waals surface area contributed by atoms with Crippen molar-refractivity contribution in [2.24, 2.45) is 0 Å². The smallest absolute Gasteiger partial charge is 0.418 e. The van der Waals surface area contributed by atoms with Crippen LogP contribution in [-0.4, -0.2) is 23.8 Å². The first-order valence-electron chi connectivity index (χ1n) is 7.92. The molecule has 0 bridgehead atoms. The van der Waals surface area contributed by atoms with Gasteiger partial charge in [0.15, 0.2) is 0 Å². The molecule has 1 aromatic heterocycles. The molecule has 0 amide bonds. The quantitative estimate of drug-likeness (QED) is 0.832. The zero-order chi connectivity index (χ0) is 18.0. The maximum atomic E-state index is 13.0. The second-order valence-corrected chi connectivity index (χ2v) is 5.91. The van der Waals surface area contributed by atoms with Crippen molar-refractivity contribution in [3.8, 4) is 11.4 Å². The van der Waals surface area contributed by atoms with Gasteiger partial charge in [0.25, 0.3) is 5.56 Å². The first kappa shape index (κ1) is 17.3. The van der Waals surface area contributed by atoms with Crippen LogP contribution >= 0.6 is 0 Å². The van der Waals surface area contributed by atoms with Crippen LogP contribution in [0.25, 0.3) is 5.69 Å². The number of hydrogen-bond acceptors (Lipinski definition) is 4. The largest absolute Gasteiger partial charge is 0.490 e. The highest BCUT2D eigenvalue weighted by atomic mass is 19.4. The standard InChI is InChI=1S/C17H18F3N3O2/c18-17(19,20)14-9-11(1-2-15(14)21)23-8-5-13(10-16(23)24)25-12-3-6-22-7-4-12/h1-2,5,8-10,12,22H,3-4,6-7,21H2. The number of ether oxygens (including phenoxy) is 1. The van der Waals surface area contributed by atoms with Crippen LogP contribution < -0.4 is 21.3 Å². The maximum Gasteiger partial charge on any atom is 0.418 e. The Bertz CT molecular complexity index is 812. The minimum Gasteiger partial charge on any atom is -0.490 e. The van der Waals surface area contributed by atoms with Crippen LogP contribution in [-0.2, 0) is 6.18 Å². The Labute approximate surface area is 142 Å². The van der Waals surface area contributed by atoms with Crippen molar-refractivity contribution >= 4 is 5.69 Å². The normalized spacial score (nSPS) is 16.0. The Balaban J connectivity index is 1.87. The molecule has 2 heterocycles. The minimum atomic E-state index is -4.58. The molecule has 0 unspecified atom stereocenters. The summed E-state index contributed by atoms with van der Waals surface area (Å²) in [5.74, 6) is 0.416. The highest BCUT2D eigenvalue weighted by molar-refractivity contribution is 5.54. The maximum absolute atomic E-state index is 13.0. The fraction of sp³-hybridized carbons (Fsp3) is 0.353. The van der Waals surface area contributed by atoms with Gasteiger partial charge in [-0.3, -0.25) is 9.36 Å². The summed E-state index contributed by atoms with van der Waals surface area (Å²) in [5, 5.41) is 3.22. The topological polar surface area (TPSA) is 69.3 Å². The molecule has 1 aliphatic heterocycles. The molecule has 2 aromatic rings. The number of benzene rings is 1. The predicted molar refractivity (Wildman–Crippen MR) is 88.0 cm³/mol. The molecule has 0 radical (unpaired) electrons. The SMILES string of the molecule is Nc1ccc(-n2ccc(OC3CCNCC3)cc2=O)cc1C(F)(F)F. The Hall–Kier alpha value is -2.48. The molecule has 0 atom stereocenters. The molecule has 5 nitrogen and oxygen atoms in total. The van der Waals surface area contributed by atoms with Gasteiger partial charge in [-0.2, -0.15) is 13.2 Å². The molecule has 3 N–H and O–H groups in total. The van der Waals surface area contributed by atoms with Crippen molar-refractivity contribution in [1.29, 1.82) is 0 Å². The van der Waals surface area contributed by atoms with Crippen molar-refractivity contribution in [3.63, 3.8) is 0 Å². The van der Waals surface area contributed by atoms with Crippen LogP contribution in [0.1, 0.15) is 18.4 Å². The fourth-order valence-electron chi connectivity index (χ4n) is 2.79. The number of piperidine rings is 1. The molecule has 0 saturated carbocycles. The third-order valence-electron chi connectivity index (χ3n) is 4.10. The lowest BCUT2D eigenvalue weighted by Crippen LogP contribution is -2.34. The van der Waals surface area contributed by atoms with E-state index in [2.05, 4.69) is 5.32 Å². The van der Waals surface area contributed by atoms with Crippen LogP contribution in [0.5, 0.6) is 5.75 Å². The lowest BCUT2D eigenvalue weighted by atomic mass is 10.1. The van der Waals surface area contributed by atoms with E-state index >= 15 is 0 Å². The van der Waals surface area contributed by atoms with E-state index in [0.717, 1.165) is 42.6 Å². The van der Waals surface area contributed by atoms with Crippen molar-refractivity contribution in [2.75, 3.05) is 18.8 Å². The summed E-state index contributed by atoms with van der Waals surface area (Å²) in [5.41, 5.74) is 3.67. The van der Waals surface area contributed by atoms with E-state index in [9.17, 15) is 18.0 Å². The molecule has 1 fully saturated rings. The molecule has 8 heteroatoms. The highest BCUT2D eigenvalue weighted by Gasteiger charge is 2.33. The van der Waals surface area contributed by atoms with Gasteiger partial charge in [-0.1, -0.05) is 0 Å². The Kier molecular flexibility index (Phi) is 4.71. The number of pyridine rings is 1. The summed E-state index contributed by atoms with van der Waals surface area (Å²) in [6.45, 7) is 1.71. The van der Waals surface area contributed by atoms with Gasteiger partial charge in [0.05, 0.1) is 5.56 Å². The van der Waals surface area contributed by atoms with Gasteiger partial charge in [-0.25, -0.2) is 0 Å². The fourth-order valence-corrected chi connectivity index (χ4v) is 2.79. The average molecular weight is 353 g/mol. The number of nitrogens with one attached hydrogen (secondary N) is 1. The van der Waals surface area contributed by atoms with Gasteiger partial charge >= 0.3 is 6.18 Å². The average Bonchev–Trinajstić information content (AvgIpc) is 2.56.